The molecular formula is C10H7N3O4. The summed E-state index contributed by atoms with van der Waals surface area (Å²) in [6.07, 6.45) is 2.94. The fraction of sp³-hybridized carbons (Fsp3) is 0. The van der Waals surface area contributed by atoms with Crippen molar-refractivity contribution < 1.29 is 14.8 Å². The van der Waals surface area contributed by atoms with E-state index in [0.29, 0.717) is 11.1 Å². The summed E-state index contributed by atoms with van der Waals surface area (Å²) in [7, 11) is 0. The van der Waals surface area contributed by atoms with Crippen LogP contribution < -0.4 is 0 Å². The molecule has 0 aliphatic carbocycles. The van der Waals surface area contributed by atoms with Gasteiger partial charge in [-0.15, -0.1) is 0 Å². The third-order valence-corrected chi connectivity index (χ3v) is 2.25. The number of nitrogens with one attached hydrogen (secondary N) is 1. The van der Waals surface area contributed by atoms with Crippen molar-refractivity contribution in [2.24, 2.45) is 0 Å². The molecule has 1 aromatic heterocycles. The van der Waals surface area contributed by atoms with Crippen LogP contribution in [0.15, 0.2) is 30.6 Å². The number of benzene rings is 1. The van der Waals surface area contributed by atoms with E-state index in [1.165, 1.54) is 24.5 Å². The van der Waals surface area contributed by atoms with Gasteiger partial charge in [0.15, 0.2) is 0 Å². The Kier molecular flexibility index (Phi) is 2.57. The number of carboxylic acid groups (broad SMARTS) is 1. The minimum Gasteiger partial charge on any atom is -0.478 e. The van der Waals surface area contributed by atoms with Crippen LogP contribution in [0.4, 0.5) is 5.69 Å². The van der Waals surface area contributed by atoms with Gasteiger partial charge in [0.2, 0.25) is 0 Å². The fourth-order valence-electron chi connectivity index (χ4n) is 1.46. The number of nitro groups is 1. The predicted octanol–water partition coefficient (Wildman–Crippen LogP) is 1.68. The van der Waals surface area contributed by atoms with Crippen molar-refractivity contribution in [2.75, 3.05) is 0 Å². The minimum atomic E-state index is -1.20. The summed E-state index contributed by atoms with van der Waals surface area (Å²) in [4.78, 5) is 21.0. The maximum atomic E-state index is 10.9. The fourth-order valence-corrected chi connectivity index (χ4v) is 1.46. The molecule has 2 aromatic rings. The van der Waals surface area contributed by atoms with E-state index < -0.39 is 10.9 Å². The lowest BCUT2D eigenvalue weighted by Crippen LogP contribution is -1.99. The molecule has 7 heteroatoms. The summed E-state index contributed by atoms with van der Waals surface area (Å²) in [5.41, 5.74) is 0.484. The lowest BCUT2D eigenvalue weighted by molar-refractivity contribution is -0.384. The second-order valence-corrected chi connectivity index (χ2v) is 3.28. The van der Waals surface area contributed by atoms with Gasteiger partial charge in [-0.3, -0.25) is 15.2 Å². The molecule has 1 aromatic carbocycles. The highest BCUT2D eigenvalue weighted by Gasteiger charge is 2.18. The van der Waals surface area contributed by atoms with Crippen LogP contribution in [0, 0.1) is 10.1 Å². The Balaban J connectivity index is 2.61. The summed E-state index contributed by atoms with van der Waals surface area (Å²) in [6.45, 7) is 0. The highest BCUT2D eigenvalue weighted by Crippen LogP contribution is 2.29. The zero-order valence-electron chi connectivity index (χ0n) is 8.45. The van der Waals surface area contributed by atoms with Gasteiger partial charge in [0, 0.05) is 17.8 Å². The van der Waals surface area contributed by atoms with Gasteiger partial charge in [-0.1, -0.05) is 0 Å². The number of aromatic carboxylic acids is 1. The quantitative estimate of drug-likeness (QED) is 0.619. The zero-order chi connectivity index (χ0) is 12.4. The Bertz CT molecular complexity index is 577. The maximum Gasteiger partial charge on any atom is 0.335 e. The van der Waals surface area contributed by atoms with Gasteiger partial charge in [-0.2, -0.15) is 5.10 Å². The van der Waals surface area contributed by atoms with Gasteiger partial charge in [0.05, 0.1) is 22.2 Å². The first-order valence-corrected chi connectivity index (χ1v) is 4.60. The Labute approximate surface area is 94.9 Å². The molecular weight excluding hydrogens is 226 g/mol. The molecule has 0 spiro atoms. The molecule has 0 fully saturated rings. The highest BCUT2D eigenvalue weighted by molar-refractivity contribution is 5.90. The van der Waals surface area contributed by atoms with Crippen molar-refractivity contribution in [3.05, 3.63) is 46.3 Å². The van der Waals surface area contributed by atoms with Crippen LogP contribution >= 0.6 is 0 Å². The average molecular weight is 233 g/mol. The number of nitro benzene ring substituents is 1. The summed E-state index contributed by atoms with van der Waals surface area (Å²) >= 11 is 0. The van der Waals surface area contributed by atoms with E-state index in [0.717, 1.165) is 6.07 Å². The molecule has 0 atom stereocenters. The smallest absolute Gasteiger partial charge is 0.335 e. The Hall–Kier alpha value is -2.70. The number of H-pyrrole nitrogens is 1. The predicted molar refractivity (Wildman–Crippen MR) is 57.6 cm³/mol. The van der Waals surface area contributed by atoms with E-state index in [1.807, 2.05) is 0 Å². The first kappa shape index (κ1) is 10.8. The molecule has 17 heavy (non-hydrogen) atoms. The van der Waals surface area contributed by atoms with Crippen LogP contribution in [-0.4, -0.2) is 26.2 Å². The van der Waals surface area contributed by atoms with E-state index in [4.69, 9.17) is 5.11 Å². The van der Waals surface area contributed by atoms with E-state index in [-0.39, 0.29) is 11.3 Å². The number of aromatic amines is 1. The number of carbonyl (C=O) groups is 1. The van der Waals surface area contributed by atoms with E-state index in [9.17, 15) is 14.9 Å². The summed E-state index contributed by atoms with van der Waals surface area (Å²) < 4.78 is 0. The highest BCUT2D eigenvalue weighted by atomic mass is 16.6. The number of rotatable bonds is 3. The van der Waals surface area contributed by atoms with Crippen LogP contribution in [0.3, 0.4) is 0 Å². The van der Waals surface area contributed by atoms with Crippen LogP contribution in [-0.2, 0) is 0 Å². The third-order valence-electron chi connectivity index (χ3n) is 2.25. The SMILES string of the molecule is O=C(O)c1ccc(-c2cn[nH]c2)c([N+](=O)[O-])c1. The Morgan fingerprint density at radius 3 is 2.76 bits per heavy atom. The van der Waals surface area contributed by atoms with E-state index >= 15 is 0 Å². The monoisotopic (exact) mass is 233 g/mol. The largest absolute Gasteiger partial charge is 0.478 e. The number of hydrogen-bond donors (Lipinski definition) is 2. The molecule has 0 saturated carbocycles. The number of carboxylic acids is 1. The number of nitrogens with zero attached hydrogens (tertiary/aromatic N) is 2. The Morgan fingerprint density at radius 1 is 1.47 bits per heavy atom. The summed E-state index contributed by atoms with van der Waals surface area (Å²) in [6, 6.07) is 3.74. The maximum absolute atomic E-state index is 10.9. The van der Waals surface area contributed by atoms with Crippen molar-refractivity contribution in [1.82, 2.24) is 10.2 Å². The van der Waals surface area contributed by atoms with Crippen molar-refractivity contribution in [3.63, 3.8) is 0 Å². The van der Waals surface area contributed by atoms with Crippen molar-refractivity contribution >= 4 is 11.7 Å². The van der Waals surface area contributed by atoms with Gasteiger partial charge in [0.25, 0.3) is 5.69 Å². The van der Waals surface area contributed by atoms with Crippen LogP contribution in [0.2, 0.25) is 0 Å². The molecule has 0 aliphatic heterocycles. The van der Waals surface area contributed by atoms with Crippen molar-refractivity contribution in [2.45, 2.75) is 0 Å². The first-order chi connectivity index (χ1) is 8.09. The second kappa shape index (κ2) is 4.05. The van der Waals surface area contributed by atoms with E-state index in [1.54, 1.807) is 0 Å². The number of aromatic nitrogens is 2. The molecule has 0 amide bonds. The van der Waals surface area contributed by atoms with Gasteiger partial charge < -0.3 is 5.11 Å². The molecule has 0 saturated heterocycles. The Morgan fingerprint density at radius 2 is 2.24 bits per heavy atom. The van der Waals surface area contributed by atoms with Gasteiger partial charge in [0.1, 0.15) is 0 Å². The molecule has 86 valence electrons. The zero-order valence-corrected chi connectivity index (χ0v) is 8.45. The average Bonchev–Trinajstić information content (AvgIpc) is 2.81. The van der Waals surface area contributed by atoms with Gasteiger partial charge in [-0.05, 0) is 12.1 Å². The molecule has 2 rings (SSSR count). The standard InChI is InChI=1S/C10H7N3O4/c14-10(15)6-1-2-8(7-4-11-12-5-7)9(3-6)13(16)17/h1-5H,(H,11,12)(H,14,15). The lowest BCUT2D eigenvalue weighted by atomic mass is 10.0. The van der Waals surface area contributed by atoms with Gasteiger partial charge in [-0.25, -0.2) is 4.79 Å². The van der Waals surface area contributed by atoms with Gasteiger partial charge >= 0.3 is 5.97 Å². The third kappa shape index (κ3) is 1.98. The first-order valence-electron chi connectivity index (χ1n) is 4.60. The van der Waals surface area contributed by atoms with E-state index in [2.05, 4.69) is 10.2 Å². The lowest BCUT2D eigenvalue weighted by Gasteiger charge is -2.01. The normalized spacial score (nSPS) is 10.1. The topological polar surface area (TPSA) is 109 Å². The summed E-state index contributed by atoms with van der Waals surface area (Å²) in [5, 5.41) is 25.9. The molecule has 2 N–H and O–H groups in total. The molecule has 7 nitrogen and oxygen atoms in total. The van der Waals surface area contributed by atoms with Crippen LogP contribution in [0.1, 0.15) is 10.4 Å². The molecule has 0 unspecified atom stereocenters. The molecule has 1 heterocycles. The minimum absolute atomic E-state index is 0.121. The van der Waals surface area contributed by atoms with Crippen molar-refractivity contribution in [3.8, 4) is 11.1 Å². The molecule has 0 bridgehead atoms. The summed E-state index contributed by atoms with van der Waals surface area (Å²) in [5.74, 6) is -1.20. The second-order valence-electron chi connectivity index (χ2n) is 3.28. The molecule has 0 radical (unpaired) electrons. The van der Waals surface area contributed by atoms with Crippen LogP contribution in [0.5, 0.6) is 0 Å². The van der Waals surface area contributed by atoms with Crippen LogP contribution in [0.25, 0.3) is 11.1 Å². The number of hydrogen-bond acceptors (Lipinski definition) is 4. The molecule has 0 aliphatic rings. The van der Waals surface area contributed by atoms with Crippen molar-refractivity contribution in [1.29, 1.82) is 0 Å².